The molecule has 1 aliphatic heterocycles. The van der Waals surface area contributed by atoms with Crippen molar-refractivity contribution in [2.45, 2.75) is 18.9 Å². The zero-order valence-corrected chi connectivity index (χ0v) is 9.71. The molecule has 0 aliphatic carbocycles. The lowest BCUT2D eigenvalue weighted by atomic mass is 10.2. The van der Waals surface area contributed by atoms with Gasteiger partial charge in [-0.05, 0) is 25.0 Å². The maximum Gasteiger partial charge on any atom is 0.319 e. The highest BCUT2D eigenvalue weighted by Gasteiger charge is 2.16. The molecule has 2 amide bonds. The van der Waals surface area contributed by atoms with Gasteiger partial charge in [-0.2, -0.15) is 0 Å². The van der Waals surface area contributed by atoms with E-state index in [2.05, 4.69) is 10.6 Å². The molecule has 0 spiro atoms. The number of ether oxygens (including phenoxy) is 1. The van der Waals surface area contributed by atoms with Crippen LogP contribution in [0.3, 0.4) is 0 Å². The zero-order valence-electron chi connectivity index (χ0n) is 9.71. The molecule has 1 atom stereocenters. The van der Waals surface area contributed by atoms with E-state index in [9.17, 15) is 13.6 Å². The van der Waals surface area contributed by atoms with Crippen LogP contribution in [0.1, 0.15) is 12.8 Å². The molecule has 98 valence electrons. The quantitative estimate of drug-likeness (QED) is 0.871. The molecule has 0 saturated carbocycles. The molecule has 1 saturated heterocycles. The molecule has 1 aromatic carbocycles. The van der Waals surface area contributed by atoms with Gasteiger partial charge in [-0.1, -0.05) is 0 Å². The first-order valence-electron chi connectivity index (χ1n) is 5.76. The Balaban J connectivity index is 1.82. The second-order valence-electron chi connectivity index (χ2n) is 4.13. The van der Waals surface area contributed by atoms with E-state index < -0.39 is 17.7 Å². The summed E-state index contributed by atoms with van der Waals surface area (Å²) in [6.45, 7) is 1.10. The summed E-state index contributed by atoms with van der Waals surface area (Å²) in [7, 11) is 0. The summed E-state index contributed by atoms with van der Waals surface area (Å²) in [5, 5.41) is 4.95. The molecule has 0 unspecified atom stereocenters. The van der Waals surface area contributed by atoms with Gasteiger partial charge in [0.2, 0.25) is 0 Å². The minimum absolute atomic E-state index is 0.0278. The summed E-state index contributed by atoms with van der Waals surface area (Å²) in [5.41, 5.74) is 0.0809. The highest BCUT2D eigenvalue weighted by molar-refractivity contribution is 5.89. The number of carbonyl (C=O) groups excluding carboxylic acids is 1. The Bertz CT molecular complexity index is 414. The lowest BCUT2D eigenvalue weighted by molar-refractivity contribution is 0.112. The van der Waals surface area contributed by atoms with Crippen molar-refractivity contribution in [1.82, 2.24) is 5.32 Å². The van der Waals surface area contributed by atoms with Gasteiger partial charge in [-0.3, -0.25) is 0 Å². The van der Waals surface area contributed by atoms with Crippen molar-refractivity contribution in [2.24, 2.45) is 0 Å². The van der Waals surface area contributed by atoms with Gasteiger partial charge in [0.05, 0.1) is 6.10 Å². The Kier molecular flexibility index (Phi) is 4.09. The Morgan fingerprint density at radius 1 is 1.33 bits per heavy atom. The van der Waals surface area contributed by atoms with Crippen molar-refractivity contribution in [3.8, 4) is 0 Å². The highest BCUT2D eigenvalue weighted by atomic mass is 19.1. The fourth-order valence-corrected chi connectivity index (χ4v) is 1.81. The van der Waals surface area contributed by atoms with Crippen LogP contribution < -0.4 is 10.6 Å². The lowest BCUT2D eigenvalue weighted by Crippen LogP contribution is -2.35. The Hall–Kier alpha value is -1.69. The first kappa shape index (κ1) is 12.8. The van der Waals surface area contributed by atoms with E-state index >= 15 is 0 Å². The predicted octanol–water partition coefficient (Wildman–Crippen LogP) is 2.27. The number of hydrogen-bond acceptors (Lipinski definition) is 2. The average molecular weight is 256 g/mol. The normalized spacial score (nSPS) is 18.7. The van der Waals surface area contributed by atoms with Crippen LogP contribution in [-0.4, -0.2) is 25.3 Å². The molecule has 2 rings (SSSR count). The molecule has 0 radical (unpaired) electrons. The van der Waals surface area contributed by atoms with Crippen molar-refractivity contribution < 1.29 is 18.3 Å². The molecule has 1 aromatic rings. The summed E-state index contributed by atoms with van der Waals surface area (Å²) in [4.78, 5) is 11.5. The predicted molar refractivity (Wildman–Crippen MR) is 62.4 cm³/mol. The topological polar surface area (TPSA) is 50.4 Å². The van der Waals surface area contributed by atoms with Gasteiger partial charge in [0.25, 0.3) is 0 Å². The molecule has 6 heteroatoms. The van der Waals surface area contributed by atoms with Gasteiger partial charge in [-0.15, -0.1) is 0 Å². The number of halogens is 2. The minimum atomic E-state index is -0.732. The number of carbonyl (C=O) groups is 1. The number of benzene rings is 1. The van der Waals surface area contributed by atoms with Crippen molar-refractivity contribution >= 4 is 11.7 Å². The Labute approximate surface area is 103 Å². The second-order valence-corrected chi connectivity index (χ2v) is 4.13. The maximum atomic E-state index is 12.9. The monoisotopic (exact) mass is 256 g/mol. The van der Waals surface area contributed by atoms with E-state index in [4.69, 9.17) is 4.74 Å². The summed E-state index contributed by atoms with van der Waals surface area (Å²) >= 11 is 0. The summed E-state index contributed by atoms with van der Waals surface area (Å²) in [6, 6.07) is 2.34. The largest absolute Gasteiger partial charge is 0.376 e. The number of nitrogens with one attached hydrogen (secondary N) is 2. The van der Waals surface area contributed by atoms with E-state index in [1.807, 2.05) is 0 Å². The molecule has 2 N–H and O–H groups in total. The Morgan fingerprint density at radius 3 is 2.67 bits per heavy atom. The second kappa shape index (κ2) is 5.77. The Morgan fingerprint density at radius 2 is 2.06 bits per heavy atom. The molecule has 1 aliphatic rings. The van der Waals surface area contributed by atoms with E-state index in [1.54, 1.807) is 0 Å². The number of rotatable bonds is 3. The summed E-state index contributed by atoms with van der Waals surface area (Å²) < 4.78 is 31.1. The van der Waals surface area contributed by atoms with Crippen LogP contribution >= 0.6 is 0 Å². The van der Waals surface area contributed by atoms with Gasteiger partial charge in [0, 0.05) is 24.9 Å². The fourth-order valence-electron chi connectivity index (χ4n) is 1.81. The third-order valence-electron chi connectivity index (χ3n) is 2.63. The van der Waals surface area contributed by atoms with Gasteiger partial charge < -0.3 is 15.4 Å². The van der Waals surface area contributed by atoms with Crippen LogP contribution in [0.15, 0.2) is 18.2 Å². The van der Waals surface area contributed by atoms with Crippen LogP contribution in [0.25, 0.3) is 0 Å². The van der Waals surface area contributed by atoms with Crippen molar-refractivity contribution in [3.05, 3.63) is 29.8 Å². The summed E-state index contributed by atoms with van der Waals surface area (Å²) in [6.07, 6.45) is 1.93. The van der Waals surface area contributed by atoms with E-state index in [0.717, 1.165) is 31.0 Å². The van der Waals surface area contributed by atoms with Crippen molar-refractivity contribution in [1.29, 1.82) is 0 Å². The first-order chi connectivity index (χ1) is 8.63. The summed E-state index contributed by atoms with van der Waals surface area (Å²) in [5.74, 6) is -1.46. The number of hydrogen-bond donors (Lipinski definition) is 2. The highest BCUT2D eigenvalue weighted by Crippen LogP contribution is 2.13. The smallest absolute Gasteiger partial charge is 0.319 e. The van der Waals surface area contributed by atoms with Crippen molar-refractivity contribution in [3.63, 3.8) is 0 Å². The maximum absolute atomic E-state index is 12.9. The average Bonchev–Trinajstić information content (AvgIpc) is 2.77. The number of anilines is 1. The van der Waals surface area contributed by atoms with Gasteiger partial charge in [0.1, 0.15) is 11.6 Å². The SMILES string of the molecule is O=C(NC[C@@H]1CCCO1)Nc1cc(F)cc(F)c1. The van der Waals surface area contributed by atoms with Crippen LogP contribution in [0.2, 0.25) is 0 Å². The molecule has 4 nitrogen and oxygen atoms in total. The lowest BCUT2D eigenvalue weighted by Gasteiger charge is -2.11. The third kappa shape index (κ3) is 3.66. The van der Waals surface area contributed by atoms with Gasteiger partial charge in [0.15, 0.2) is 0 Å². The van der Waals surface area contributed by atoms with Crippen LogP contribution in [0.5, 0.6) is 0 Å². The molecule has 0 aromatic heterocycles. The molecular formula is C12H14F2N2O2. The molecule has 0 bridgehead atoms. The zero-order chi connectivity index (χ0) is 13.0. The molecule has 1 fully saturated rings. The van der Waals surface area contributed by atoms with Crippen LogP contribution in [-0.2, 0) is 4.74 Å². The van der Waals surface area contributed by atoms with Crippen LogP contribution in [0.4, 0.5) is 19.3 Å². The van der Waals surface area contributed by atoms with Crippen molar-refractivity contribution in [2.75, 3.05) is 18.5 Å². The number of amides is 2. The standard InChI is InChI=1S/C12H14F2N2O2/c13-8-4-9(14)6-10(5-8)16-12(17)15-7-11-2-1-3-18-11/h4-6,11H,1-3,7H2,(H2,15,16,17)/t11-/m0/s1. The number of urea groups is 1. The molecular weight excluding hydrogens is 242 g/mol. The van der Waals surface area contributed by atoms with E-state index in [0.29, 0.717) is 13.2 Å². The van der Waals surface area contributed by atoms with Gasteiger partial charge >= 0.3 is 6.03 Å². The van der Waals surface area contributed by atoms with E-state index in [1.165, 1.54) is 0 Å². The van der Waals surface area contributed by atoms with Gasteiger partial charge in [-0.25, -0.2) is 13.6 Å². The molecule has 1 heterocycles. The first-order valence-corrected chi connectivity index (χ1v) is 5.76. The minimum Gasteiger partial charge on any atom is -0.376 e. The fraction of sp³-hybridized carbons (Fsp3) is 0.417. The third-order valence-corrected chi connectivity index (χ3v) is 2.63. The van der Waals surface area contributed by atoms with E-state index in [-0.39, 0.29) is 11.8 Å². The molecule has 18 heavy (non-hydrogen) atoms. The van der Waals surface area contributed by atoms with Crippen LogP contribution in [0, 0.1) is 11.6 Å².